The molecule has 3 aliphatic rings. The van der Waals surface area contributed by atoms with E-state index in [9.17, 15) is 0 Å². The van der Waals surface area contributed by atoms with Crippen molar-refractivity contribution < 1.29 is 0 Å². The molecule has 3 rings (SSSR count). The molecule has 0 spiro atoms. The van der Waals surface area contributed by atoms with Crippen LogP contribution in [0.15, 0.2) is 0 Å². The Kier molecular flexibility index (Phi) is 4.45. The molecule has 1 aliphatic heterocycles. The summed E-state index contributed by atoms with van der Waals surface area (Å²) in [5.74, 6) is 0.949. The summed E-state index contributed by atoms with van der Waals surface area (Å²) in [5, 5.41) is 4.76. The minimum atomic E-state index is 0.400. The highest BCUT2D eigenvalue weighted by Crippen LogP contribution is 2.42. The molecule has 3 fully saturated rings. The fourth-order valence-electron chi connectivity index (χ4n) is 4.26. The quantitative estimate of drug-likeness (QED) is 0.856. The van der Waals surface area contributed by atoms with E-state index in [1.165, 1.54) is 64.6 Å². The molecule has 1 N–H and O–H groups in total. The third-order valence-corrected chi connectivity index (χ3v) is 6.76. The Morgan fingerprint density at radius 2 is 1.89 bits per heavy atom. The summed E-state index contributed by atoms with van der Waals surface area (Å²) in [6.45, 7) is 6.32. The maximum atomic E-state index is 3.87. The van der Waals surface area contributed by atoms with E-state index in [2.05, 4.69) is 35.2 Å². The highest BCUT2D eigenvalue weighted by atomic mass is 32.2. The highest BCUT2D eigenvalue weighted by molar-refractivity contribution is 7.99. The summed E-state index contributed by atoms with van der Waals surface area (Å²) in [5.41, 5.74) is 0.400. The molecule has 2 aliphatic carbocycles. The van der Waals surface area contributed by atoms with Crippen LogP contribution in [-0.2, 0) is 0 Å². The Balaban J connectivity index is 1.70. The van der Waals surface area contributed by atoms with Gasteiger partial charge in [0.05, 0.1) is 0 Å². The normalized spacial score (nSPS) is 42.0. The smallest absolute Gasteiger partial charge is 0.0308 e. The standard InChI is InChI=1S/C16H30N2S/c1-16(13-8-9-13)12-18(11-5-10-17-16)14-6-3-4-7-15(14)19-2/h13-15,17H,3-12H2,1-2H3. The van der Waals surface area contributed by atoms with Crippen LogP contribution in [0, 0.1) is 5.92 Å². The topological polar surface area (TPSA) is 15.3 Å². The molecule has 1 saturated heterocycles. The van der Waals surface area contributed by atoms with Crippen LogP contribution in [0.3, 0.4) is 0 Å². The summed E-state index contributed by atoms with van der Waals surface area (Å²) in [4.78, 5) is 2.86. The van der Waals surface area contributed by atoms with Crippen LogP contribution in [0.1, 0.15) is 51.9 Å². The number of nitrogens with zero attached hydrogens (tertiary/aromatic N) is 1. The molecular formula is C16H30N2S. The molecule has 3 heteroatoms. The maximum absolute atomic E-state index is 3.87. The third kappa shape index (κ3) is 3.14. The van der Waals surface area contributed by atoms with Gasteiger partial charge in [-0.25, -0.2) is 0 Å². The van der Waals surface area contributed by atoms with Crippen molar-refractivity contribution in [1.82, 2.24) is 10.2 Å². The second-order valence-corrected chi connectivity index (χ2v) is 8.15. The van der Waals surface area contributed by atoms with Gasteiger partial charge in [0.25, 0.3) is 0 Å². The van der Waals surface area contributed by atoms with Crippen molar-refractivity contribution in [2.45, 2.75) is 68.7 Å². The molecule has 3 atom stereocenters. The van der Waals surface area contributed by atoms with E-state index < -0.39 is 0 Å². The van der Waals surface area contributed by atoms with Gasteiger partial charge in [-0.05, 0) is 64.3 Å². The van der Waals surface area contributed by atoms with Crippen LogP contribution in [-0.4, -0.2) is 47.6 Å². The third-order valence-electron chi connectivity index (χ3n) is 5.60. The van der Waals surface area contributed by atoms with Gasteiger partial charge in [0.1, 0.15) is 0 Å². The van der Waals surface area contributed by atoms with Gasteiger partial charge < -0.3 is 5.32 Å². The molecule has 3 unspecified atom stereocenters. The number of rotatable bonds is 3. The van der Waals surface area contributed by atoms with E-state index in [-0.39, 0.29) is 0 Å². The zero-order valence-electron chi connectivity index (χ0n) is 12.7. The van der Waals surface area contributed by atoms with Crippen molar-refractivity contribution in [3.63, 3.8) is 0 Å². The zero-order chi connectivity index (χ0) is 13.3. The molecule has 2 nitrogen and oxygen atoms in total. The molecule has 0 bridgehead atoms. The van der Waals surface area contributed by atoms with E-state index >= 15 is 0 Å². The predicted molar refractivity (Wildman–Crippen MR) is 84.9 cm³/mol. The predicted octanol–water partition coefficient (Wildman–Crippen LogP) is 3.12. The van der Waals surface area contributed by atoms with Gasteiger partial charge in [0.15, 0.2) is 0 Å². The minimum absolute atomic E-state index is 0.400. The minimum Gasteiger partial charge on any atom is -0.310 e. The Morgan fingerprint density at radius 3 is 2.63 bits per heavy atom. The van der Waals surface area contributed by atoms with Crippen molar-refractivity contribution in [3.05, 3.63) is 0 Å². The van der Waals surface area contributed by atoms with Gasteiger partial charge in [-0.2, -0.15) is 11.8 Å². The highest BCUT2D eigenvalue weighted by Gasteiger charge is 2.44. The maximum Gasteiger partial charge on any atom is 0.0308 e. The molecule has 0 radical (unpaired) electrons. The van der Waals surface area contributed by atoms with Crippen LogP contribution in [0.2, 0.25) is 0 Å². The van der Waals surface area contributed by atoms with E-state index in [0.29, 0.717) is 5.54 Å². The van der Waals surface area contributed by atoms with Crippen LogP contribution < -0.4 is 5.32 Å². The van der Waals surface area contributed by atoms with Crippen LogP contribution in [0.4, 0.5) is 0 Å². The first-order chi connectivity index (χ1) is 9.23. The van der Waals surface area contributed by atoms with E-state index in [1.807, 2.05) is 0 Å². The van der Waals surface area contributed by atoms with Crippen LogP contribution in [0.25, 0.3) is 0 Å². The fourth-order valence-corrected chi connectivity index (χ4v) is 5.28. The molecule has 0 aromatic carbocycles. The number of nitrogens with one attached hydrogen (secondary N) is 1. The summed E-state index contributed by atoms with van der Waals surface area (Å²) in [7, 11) is 0. The fraction of sp³-hybridized carbons (Fsp3) is 1.00. The Hall–Kier alpha value is 0.270. The lowest BCUT2D eigenvalue weighted by Crippen LogP contribution is -2.55. The molecule has 19 heavy (non-hydrogen) atoms. The largest absolute Gasteiger partial charge is 0.310 e. The average molecular weight is 282 g/mol. The lowest BCUT2D eigenvalue weighted by Gasteiger charge is -2.42. The first-order valence-electron chi connectivity index (χ1n) is 8.25. The van der Waals surface area contributed by atoms with E-state index in [4.69, 9.17) is 0 Å². The van der Waals surface area contributed by atoms with E-state index in [0.717, 1.165) is 17.2 Å². The SMILES string of the molecule is CSC1CCCCC1N1CCCNC(C)(C2CC2)C1. The van der Waals surface area contributed by atoms with Crippen molar-refractivity contribution >= 4 is 11.8 Å². The van der Waals surface area contributed by atoms with Crippen molar-refractivity contribution in [2.24, 2.45) is 5.92 Å². The molecule has 1 heterocycles. The van der Waals surface area contributed by atoms with Gasteiger partial charge in [0.2, 0.25) is 0 Å². The molecule has 2 saturated carbocycles. The summed E-state index contributed by atoms with van der Waals surface area (Å²) >= 11 is 2.12. The van der Waals surface area contributed by atoms with Gasteiger partial charge in [-0.3, -0.25) is 4.90 Å². The van der Waals surface area contributed by atoms with Crippen molar-refractivity contribution in [1.29, 1.82) is 0 Å². The first kappa shape index (κ1) is 14.2. The van der Waals surface area contributed by atoms with E-state index in [1.54, 1.807) is 0 Å². The number of thioether (sulfide) groups is 1. The van der Waals surface area contributed by atoms with Crippen molar-refractivity contribution in [3.8, 4) is 0 Å². The lowest BCUT2D eigenvalue weighted by atomic mass is 9.90. The Morgan fingerprint density at radius 1 is 1.11 bits per heavy atom. The molecule has 0 amide bonds. The summed E-state index contributed by atoms with van der Waals surface area (Å²) in [6.07, 6.45) is 12.3. The summed E-state index contributed by atoms with van der Waals surface area (Å²) in [6, 6.07) is 0.849. The first-order valence-corrected chi connectivity index (χ1v) is 9.53. The molecular weight excluding hydrogens is 252 g/mol. The molecule has 0 aromatic heterocycles. The molecule has 0 aromatic rings. The second-order valence-electron chi connectivity index (χ2n) is 7.07. The Bertz CT molecular complexity index is 305. The number of hydrogen-bond acceptors (Lipinski definition) is 3. The van der Waals surface area contributed by atoms with Gasteiger partial charge >= 0.3 is 0 Å². The number of hydrogen-bond donors (Lipinski definition) is 1. The second kappa shape index (κ2) is 5.95. The summed E-state index contributed by atoms with van der Waals surface area (Å²) < 4.78 is 0. The molecule has 110 valence electrons. The lowest BCUT2D eigenvalue weighted by molar-refractivity contribution is 0.127. The zero-order valence-corrected chi connectivity index (χ0v) is 13.5. The van der Waals surface area contributed by atoms with Gasteiger partial charge in [-0.15, -0.1) is 0 Å². The monoisotopic (exact) mass is 282 g/mol. The van der Waals surface area contributed by atoms with Gasteiger partial charge in [-0.1, -0.05) is 12.8 Å². The van der Waals surface area contributed by atoms with Crippen molar-refractivity contribution in [2.75, 3.05) is 25.9 Å². The van der Waals surface area contributed by atoms with Gasteiger partial charge in [0, 0.05) is 23.4 Å². The van der Waals surface area contributed by atoms with Crippen LogP contribution in [0.5, 0.6) is 0 Å². The van der Waals surface area contributed by atoms with Crippen LogP contribution >= 0.6 is 11.8 Å². The average Bonchev–Trinajstić information content (AvgIpc) is 3.26. The Labute approximate surface area is 123 Å².